The smallest absolute Gasteiger partial charge is 0.306 e. The van der Waals surface area contributed by atoms with Gasteiger partial charge >= 0.3 is 5.97 Å². The fourth-order valence-electron chi connectivity index (χ4n) is 0.854. The van der Waals surface area contributed by atoms with Gasteiger partial charge in [0.1, 0.15) is 0 Å². The molecule has 2 atom stereocenters. The first-order valence-electron chi connectivity index (χ1n) is 3.48. The molecule has 0 aliphatic heterocycles. The number of carboxylic acid groups (broad SMARTS) is 1. The van der Waals surface area contributed by atoms with E-state index in [1.54, 1.807) is 0 Å². The maximum absolute atomic E-state index is 10.4. The van der Waals surface area contributed by atoms with Crippen molar-refractivity contribution in [1.29, 1.82) is 0 Å². The van der Waals surface area contributed by atoms with Crippen molar-refractivity contribution in [3.63, 3.8) is 0 Å². The normalized spacial score (nSPS) is 16.3. The molecule has 0 aromatic heterocycles. The minimum Gasteiger partial charge on any atom is -0.481 e. The monoisotopic (exact) mass is 162 g/mol. The Morgan fingerprint density at radius 1 is 1.70 bits per heavy atom. The number of thiol groups is 1. The summed E-state index contributed by atoms with van der Waals surface area (Å²) >= 11 is 4.12. The van der Waals surface area contributed by atoms with E-state index in [1.165, 1.54) is 0 Å². The lowest BCUT2D eigenvalue weighted by Gasteiger charge is -2.10. The van der Waals surface area contributed by atoms with Crippen molar-refractivity contribution in [3.05, 3.63) is 0 Å². The summed E-state index contributed by atoms with van der Waals surface area (Å²) in [5.41, 5.74) is 0. The molecule has 0 amide bonds. The lowest BCUT2D eigenvalue weighted by atomic mass is 10.0. The maximum atomic E-state index is 10.4. The summed E-state index contributed by atoms with van der Waals surface area (Å²) < 4.78 is 0. The molecule has 3 heteroatoms. The fraction of sp³-hybridized carbons (Fsp3) is 0.857. The molecule has 0 saturated heterocycles. The Bertz CT molecular complexity index is 112. The molecule has 0 saturated carbocycles. The Morgan fingerprint density at radius 2 is 2.20 bits per heavy atom. The second kappa shape index (κ2) is 4.61. The van der Waals surface area contributed by atoms with Gasteiger partial charge in [-0.3, -0.25) is 4.79 Å². The third-order valence-corrected chi connectivity index (χ3v) is 1.68. The Kier molecular flexibility index (Phi) is 4.52. The van der Waals surface area contributed by atoms with Crippen molar-refractivity contribution in [2.24, 2.45) is 5.92 Å². The molecule has 0 aromatic rings. The number of carboxylic acids is 1. The molecule has 0 radical (unpaired) electrons. The molecule has 0 aromatic carbocycles. The van der Waals surface area contributed by atoms with Gasteiger partial charge in [-0.05, 0) is 18.1 Å². The average molecular weight is 162 g/mol. The van der Waals surface area contributed by atoms with E-state index < -0.39 is 5.97 Å². The van der Waals surface area contributed by atoms with Crippen LogP contribution in [-0.2, 0) is 4.79 Å². The van der Waals surface area contributed by atoms with Crippen LogP contribution in [0.2, 0.25) is 0 Å². The quantitative estimate of drug-likeness (QED) is 0.618. The molecule has 0 bridgehead atoms. The predicted molar refractivity (Wildman–Crippen MR) is 44.5 cm³/mol. The topological polar surface area (TPSA) is 37.3 Å². The number of rotatable bonds is 4. The predicted octanol–water partition coefficient (Wildman–Crippen LogP) is 1.81. The van der Waals surface area contributed by atoms with Crippen molar-refractivity contribution < 1.29 is 9.90 Å². The minimum atomic E-state index is -0.705. The van der Waals surface area contributed by atoms with E-state index in [9.17, 15) is 4.79 Å². The van der Waals surface area contributed by atoms with Crippen LogP contribution in [-0.4, -0.2) is 16.3 Å². The first kappa shape index (κ1) is 9.82. The van der Waals surface area contributed by atoms with Gasteiger partial charge in [-0.2, -0.15) is 12.6 Å². The molecule has 0 aliphatic rings. The molecule has 1 N–H and O–H groups in total. The van der Waals surface area contributed by atoms with Gasteiger partial charge in [0.25, 0.3) is 0 Å². The zero-order valence-corrected chi connectivity index (χ0v) is 7.27. The van der Waals surface area contributed by atoms with Crippen molar-refractivity contribution >= 4 is 18.6 Å². The molecule has 60 valence electrons. The number of hydrogen-bond acceptors (Lipinski definition) is 2. The summed E-state index contributed by atoms with van der Waals surface area (Å²) in [7, 11) is 0. The van der Waals surface area contributed by atoms with Crippen molar-refractivity contribution in [2.45, 2.75) is 31.9 Å². The standard InChI is InChI=1S/C7H14O2S/c1-3-6(7(8)9)4-5(2)10/h5-6,10H,3-4H2,1-2H3,(H,8,9). The zero-order valence-electron chi connectivity index (χ0n) is 6.37. The highest BCUT2D eigenvalue weighted by Crippen LogP contribution is 2.13. The summed E-state index contributed by atoms with van der Waals surface area (Å²) in [6.45, 7) is 3.80. The van der Waals surface area contributed by atoms with Crippen LogP contribution in [0.15, 0.2) is 0 Å². The second-order valence-electron chi connectivity index (χ2n) is 2.53. The molecule has 0 aliphatic carbocycles. The lowest BCUT2D eigenvalue weighted by Crippen LogP contribution is -2.15. The Hall–Kier alpha value is -0.180. The molecule has 0 rings (SSSR count). The van der Waals surface area contributed by atoms with Crippen LogP contribution in [0.5, 0.6) is 0 Å². The number of hydrogen-bond donors (Lipinski definition) is 2. The average Bonchev–Trinajstić information content (AvgIpc) is 1.81. The Labute approximate surface area is 67.0 Å². The first-order chi connectivity index (χ1) is 4.57. The van der Waals surface area contributed by atoms with Crippen molar-refractivity contribution in [1.82, 2.24) is 0 Å². The highest BCUT2D eigenvalue weighted by Gasteiger charge is 2.15. The van der Waals surface area contributed by atoms with Crippen LogP contribution in [0.25, 0.3) is 0 Å². The van der Waals surface area contributed by atoms with E-state index in [0.29, 0.717) is 12.8 Å². The van der Waals surface area contributed by atoms with Gasteiger partial charge in [-0.15, -0.1) is 0 Å². The van der Waals surface area contributed by atoms with E-state index in [2.05, 4.69) is 12.6 Å². The minimum absolute atomic E-state index is 0.182. The van der Waals surface area contributed by atoms with E-state index >= 15 is 0 Å². The Morgan fingerprint density at radius 3 is 2.30 bits per heavy atom. The molecule has 2 unspecified atom stereocenters. The van der Waals surface area contributed by atoms with Gasteiger partial charge in [-0.25, -0.2) is 0 Å². The maximum Gasteiger partial charge on any atom is 0.306 e. The van der Waals surface area contributed by atoms with Crippen molar-refractivity contribution in [3.8, 4) is 0 Å². The van der Waals surface area contributed by atoms with E-state index in [4.69, 9.17) is 5.11 Å². The van der Waals surface area contributed by atoms with Gasteiger partial charge in [0.05, 0.1) is 5.92 Å². The van der Waals surface area contributed by atoms with Gasteiger partial charge < -0.3 is 5.11 Å². The SMILES string of the molecule is CCC(CC(C)S)C(=O)O. The van der Waals surface area contributed by atoms with E-state index in [1.807, 2.05) is 13.8 Å². The molecular formula is C7H14O2S. The van der Waals surface area contributed by atoms with Crippen molar-refractivity contribution in [2.75, 3.05) is 0 Å². The van der Waals surface area contributed by atoms with Crippen LogP contribution in [0.4, 0.5) is 0 Å². The third-order valence-electron chi connectivity index (χ3n) is 1.47. The van der Waals surface area contributed by atoms with Gasteiger partial charge in [0.2, 0.25) is 0 Å². The molecule has 0 spiro atoms. The number of aliphatic carboxylic acids is 1. The van der Waals surface area contributed by atoms with Gasteiger partial charge in [-0.1, -0.05) is 13.8 Å². The Balaban J connectivity index is 3.72. The lowest BCUT2D eigenvalue weighted by molar-refractivity contribution is -0.142. The largest absolute Gasteiger partial charge is 0.481 e. The third kappa shape index (κ3) is 3.77. The van der Waals surface area contributed by atoms with Crippen LogP contribution in [0.1, 0.15) is 26.7 Å². The summed E-state index contributed by atoms with van der Waals surface area (Å²) in [4.78, 5) is 10.4. The highest BCUT2D eigenvalue weighted by molar-refractivity contribution is 7.80. The van der Waals surface area contributed by atoms with E-state index in [0.717, 1.165) is 0 Å². The van der Waals surface area contributed by atoms with Crippen LogP contribution in [0.3, 0.4) is 0 Å². The fourth-order valence-corrected chi connectivity index (χ4v) is 1.11. The molecule has 0 heterocycles. The molecular weight excluding hydrogens is 148 g/mol. The number of carbonyl (C=O) groups is 1. The van der Waals surface area contributed by atoms with Crippen LogP contribution in [0, 0.1) is 5.92 Å². The molecule has 2 nitrogen and oxygen atoms in total. The second-order valence-corrected chi connectivity index (χ2v) is 3.41. The van der Waals surface area contributed by atoms with Gasteiger partial charge in [0.15, 0.2) is 0 Å². The summed E-state index contributed by atoms with van der Waals surface area (Å²) in [6.07, 6.45) is 1.36. The summed E-state index contributed by atoms with van der Waals surface area (Å²) in [6, 6.07) is 0. The van der Waals surface area contributed by atoms with Crippen LogP contribution < -0.4 is 0 Å². The van der Waals surface area contributed by atoms with Crippen LogP contribution >= 0.6 is 12.6 Å². The van der Waals surface area contributed by atoms with Gasteiger partial charge in [0, 0.05) is 0 Å². The van der Waals surface area contributed by atoms with E-state index in [-0.39, 0.29) is 11.2 Å². The first-order valence-corrected chi connectivity index (χ1v) is 4.00. The zero-order chi connectivity index (χ0) is 8.15. The highest BCUT2D eigenvalue weighted by atomic mass is 32.1. The summed E-state index contributed by atoms with van der Waals surface area (Å²) in [5, 5.41) is 8.77. The summed E-state index contributed by atoms with van der Waals surface area (Å²) in [5.74, 6) is -0.920. The molecule has 0 fully saturated rings. The molecule has 10 heavy (non-hydrogen) atoms.